The largest absolute Gasteiger partial charge is 0.382 e. The molecular formula is C16H27NO. The van der Waals surface area contributed by atoms with Crippen molar-refractivity contribution < 1.29 is 4.74 Å². The van der Waals surface area contributed by atoms with Gasteiger partial charge in [0.25, 0.3) is 0 Å². The molecule has 0 aromatic heterocycles. The van der Waals surface area contributed by atoms with Crippen molar-refractivity contribution in [3.05, 3.63) is 35.4 Å². The lowest BCUT2D eigenvalue weighted by Gasteiger charge is -2.22. The molecule has 0 fully saturated rings. The van der Waals surface area contributed by atoms with Crippen molar-refractivity contribution >= 4 is 0 Å². The number of hydrogen-bond donors (Lipinski definition) is 1. The van der Waals surface area contributed by atoms with E-state index in [2.05, 4.69) is 57.3 Å². The Hall–Kier alpha value is -0.860. The minimum atomic E-state index is 0.277. The van der Waals surface area contributed by atoms with E-state index in [9.17, 15) is 0 Å². The molecule has 102 valence electrons. The molecule has 2 atom stereocenters. The predicted octanol–water partition coefficient (Wildman–Crippen LogP) is 3.89. The van der Waals surface area contributed by atoms with E-state index in [0.717, 1.165) is 13.0 Å². The summed E-state index contributed by atoms with van der Waals surface area (Å²) in [5.41, 5.74) is 2.75. The van der Waals surface area contributed by atoms with Crippen LogP contribution in [0.2, 0.25) is 0 Å². The van der Waals surface area contributed by atoms with Crippen LogP contribution in [0, 0.1) is 0 Å². The first kappa shape index (κ1) is 15.2. The Kier molecular flexibility index (Phi) is 6.37. The Bertz CT molecular complexity index is 331. The van der Waals surface area contributed by atoms with Crippen LogP contribution >= 0.6 is 0 Å². The molecule has 2 heteroatoms. The SMILES string of the molecule is CCNC(CC(C)OC)c1ccc(C(C)C)cc1. The highest BCUT2D eigenvalue weighted by Crippen LogP contribution is 2.22. The molecule has 0 aliphatic rings. The van der Waals surface area contributed by atoms with Gasteiger partial charge in [-0.05, 0) is 36.9 Å². The Morgan fingerprint density at radius 3 is 2.06 bits per heavy atom. The van der Waals surface area contributed by atoms with Gasteiger partial charge in [0.15, 0.2) is 0 Å². The Morgan fingerprint density at radius 2 is 1.61 bits per heavy atom. The van der Waals surface area contributed by atoms with Crippen LogP contribution in [0.3, 0.4) is 0 Å². The molecule has 1 aromatic rings. The molecule has 0 aliphatic heterocycles. The second-order valence-corrected chi connectivity index (χ2v) is 5.21. The van der Waals surface area contributed by atoms with Gasteiger partial charge in [-0.2, -0.15) is 0 Å². The van der Waals surface area contributed by atoms with E-state index in [1.54, 1.807) is 7.11 Å². The summed E-state index contributed by atoms with van der Waals surface area (Å²) in [5, 5.41) is 3.53. The molecule has 0 bridgehead atoms. The maximum Gasteiger partial charge on any atom is 0.0561 e. The van der Waals surface area contributed by atoms with Crippen LogP contribution in [0.5, 0.6) is 0 Å². The van der Waals surface area contributed by atoms with Gasteiger partial charge in [-0.3, -0.25) is 0 Å². The summed E-state index contributed by atoms with van der Waals surface area (Å²) >= 11 is 0. The highest BCUT2D eigenvalue weighted by atomic mass is 16.5. The molecule has 18 heavy (non-hydrogen) atoms. The lowest BCUT2D eigenvalue weighted by molar-refractivity contribution is 0.101. The van der Waals surface area contributed by atoms with E-state index in [0.29, 0.717) is 12.0 Å². The molecule has 1 N–H and O–H groups in total. The van der Waals surface area contributed by atoms with Crippen molar-refractivity contribution in [3.63, 3.8) is 0 Å². The summed E-state index contributed by atoms with van der Waals surface area (Å²) in [7, 11) is 1.77. The minimum Gasteiger partial charge on any atom is -0.382 e. The van der Waals surface area contributed by atoms with E-state index in [4.69, 9.17) is 4.74 Å². The summed E-state index contributed by atoms with van der Waals surface area (Å²) in [6, 6.07) is 9.34. The van der Waals surface area contributed by atoms with Crippen molar-refractivity contribution in [2.24, 2.45) is 0 Å². The van der Waals surface area contributed by atoms with Crippen LogP contribution in [0.1, 0.15) is 57.2 Å². The van der Waals surface area contributed by atoms with Gasteiger partial charge in [0.2, 0.25) is 0 Å². The fourth-order valence-electron chi connectivity index (χ4n) is 2.13. The molecule has 0 aliphatic carbocycles. The third-order valence-corrected chi connectivity index (χ3v) is 3.43. The third-order valence-electron chi connectivity index (χ3n) is 3.43. The average Bonchev–Trinajstić information content (AvgIpc) is 2.38. The number of hydrogen-bond acceptors (Lipinski definition) is 2. The second-order valence-electron chi connectivity index (χ2n) is 5.21. The molecule has 0 saturated heterocycles. The number of rotatable bonds is 7. The van der Waals surface area contributed by atoms with Crippen molar-refractivity contribution in [2.45, 2.75) is 52.2 Å². The van der Waals surface area contributed by atoms with E-state index in [-0.39, 0.29) is 6.10 Å². The summed E-state index contributed by atoms with van der Waals surface area (Å²) in [6.07, 6.45) is 1.28. The normalized spacial score (nSPS) is 14.8. The van der Waals surface area contributed by atoms with Gasteiger partial charge in [-0.25, -0.2) is 0 Å². The van der Waals surface area contributed by atoms with Crippen molar-refractivity contribution in [1.82, 2.24) is 5.32 Å². The Balaban J connectivity index is 2.78. The fraction of sp³-hybridized carbons (Fsp3) is 0.625. The molecule has 0 amide bonds. The monoisotopic (exact) mass is 249 g/mol. The standard InChI is InChI=1S/C16H27NO/c1-6-17-16(11-13(4)18-5)15-9-7-14(8-10-15)12(2)3/h7-10,12-13,16-17H,6,11H2,1-5H3. The van der Waals surface area contributed by atoms with Gasteiger partial charge in [0.1, 0.15) is 0 Å². The maximum atomic E-state index is 5.37. The van der Waals surface area contributed by atoms with Crippen molar-refractivity contribution in [2.75, 3.05) is 13.7 Å². The van der Waals surface area contributed by atoms with Crippen LogP contribution in [0.4, 0.5) is 0 Å². The second kappa shape index (κ2) is 7.55. The minimum absolute atomic E-state index is 0.277. The topological polar surface area (TPSA) is 21.3 Å². The van der Waals surface area contributed by atoms with Gasteiger partial charge >= 0.3 is 0 Å². The van der Waals surface area contributed by atoms with Gasteiger partial charge in [-0.1, -0.05) is 45.0 Å². The van der Waals surface area contributed by atoms with E-state index >= 15 is 0 Å². The molecule has 0 heterocycles. The summed E-state index contributed by atoms with van der Waals surface area (Å²) in [5.74, 6) is 0.592. The zero-order valence-electron chi connectivity index (χ0n) is 12.4. The fourth-order valence-corrected chi connectivity index (χ4v) is 2.13. The molecular weight excluding hydrogens is 222 g/mol. The lowest BCUT2D eigenvalue weighted by Crippen LogP contribution is -2.25. The lowest BCUT2D eigenvalue weighted by atomic mass is 9.96. The van der Waals surface area contributed by atoms with Crippen LogP contribution in [0.15, 0.2) is 24.3 Å². The summed E-state index contributed by atoms with van der Waals surface area (Å²) in [6.45, 7) is 9.69. The number of nitrogens with one attached hydrogen (secondary N) is 1. The summed E-state index contributed by atoms with van der Waals surface area (Å²) < 4.78 is 5.37. The van der Waals surface area contributed by atoms with E-state index < -0.39 is 0 Å². The van der Waals surface area contributed by atoms with Gasteiger partial charge in [0.05, 0.1) is 6.10 Å². The first-order chi connectivity index (χ1) is 8.58. The van der Waals surface area contributed by atoms with E-state index in [1.807, 2.05) is 0 Å². The van der Waals surface area contributed by atoms with Gasteiger partial charge in [0, 0.05) is 13.2 Å². The first-order valence-corrected chi connectivity index (χ1v) is 6.94. The highest BCUT2D eigenvalue weighted by Gasteiger charge is 2.14. The Labute approximate surface area is 112 Å². The van der Waals surface area contributed by atoms with Crippen molar-refractivity contribution in [1.29, 1.82) is 0 Å². The molecule has 0 radical (unpaired) electrons. The van der Waals surface area contributed by atoms with Crippen molar-refractivity contribution in [3.8, 4) is 0 Å². The van der Waals surface area contributed by atoms with E-state index in [1.165, 1.54) is 11.1 Å². The zero-order valence-corrected chi connectivity index (χ0v) is 12.4. The van der Waals surface area contributed by atoms with Crippen LogP contribution in [-0.2, 0) is 4.74 Å². The quantitative estimate of drug-likeness (QED) is 0.791. The number of ether oxygens (including phenoxy) is 1. The van der Waals surface area contributed by atoms with Crippen LogP contribution in [0.25, 0.3) is 0 Å². The summed E-state index contributed by atoms with van der Waals surface area (Å²) in [4.78, 5) is 0. The smallest absolute Gasteiger partial charge is 0.0561 e. The van der Waals surface area contributed by atoms with Crippen LogP contribution in [-0.4, -0.2) is 19.8 Å². The predicted molar refractivity (Wildman–Crippen MR) is 78.0 cm³/mol. The van der Waals surface area contributed by atoms with Gasteiger partial charge < -0.3 is 10.1 Å². The average molecular weight is 249 g/mol. The maximum absolute atomic E-state index is 5.37. The first-order valence-electron chi connectivity index (χ1n) is 6.94. The number of methoxy groups -OCH3 is 1. The van der Waals surface area contributed by atoms with Gasteiger partial charge in [-0.15, -0.1) is 0 Å². The Morgan fingerprint density at radius 1 is 1.06 bits per heavy atom. The molecule has 0 spiro atoms. The number of benzene rings is 1. The molecule has 2 unspecified atom stereocenters. The van der Waals surface area contributed by atoms with Crippen LogP contribution < -0.4 is 5.32 Å². The molecule has 2 nitrogen and oxygen atoms in total. The molecule has 1 aromatic carbocycles. The zero-order chi connectivity index (χ0) is 13.5. The molecule has 0 saturated carbocycles. The third kappa shape index (κ3) is 4.43. The highest BCUT2D eigenvalue weighted by molar-refractivity contribution is 5.27. The molecule has 1 rings (SSSR count).